The number of ether oxygens (including phenoxy) is 1. The summed E-state index contributed by atoms with van der Waals surface area (Å²) in [6.07, 6.45) is 6.18. The number of hydrogen-bond acceptors (Lipinski definition) is 1. The first-order chi connectivity index (χ1) is 26.8. The summed E-state index contributed by atoms with van der Waals surface area (Å²) in [6.45, 7) is 21.4. The molecule has 0 spiro atoms. The first-order valence-electron chi connectivity index (χ1n) is 21.1. The normalized spacial score (nSPS) is 31.5. The van der Waals surface area contributed by atoms with Crippen molar-refractivity contribution in [2.45, 2.75) is 135 Å². The summed E-state index contributed by atoms with van der Waals surface area (Å²) in [6, 6.07) is 19.6. The van der Waals surface area contributed by atoms with Crippen LogP contribution in [0.4, 0.5) is 22.0 Å². The molecule has 0 saturated heterocycles. The van der Waals surface area contributed by atoms with Crippen LogP contribution in [0.5, 0.6) is 5.75 Å². The van der Waals surface area contributed by atoms with Crippen molar-refractivity contribution in [2.24, 2.45) is 47.3 Å². The van der Waals surface area contributed by atoms with E-state index in [0.717, 1.165) is 18.4 Å². The van der Waals surface area contributed by atoms with Crippen molar-refractivity contribution in [1.82, 2.24) is 0 Å². The minimum absolute atomic E-state index is 0. The van der Waals surface area contributed by atoms with E-state index >= 15 is 8.78 Å². The molecular weight excluding hydrogens is 890 g/mol. The van der Waals surface area contributed by atoms with E-state index in [1.54, 1.807) is 0 Å². The van der Waals surface area contributed by atoms with Gasteiger partial charge in [0, 0.05) is 5.92 Å². The van der Waals surface area contributed by atoms with E-state index in [9.17, 15) is 13.2 Å². The van der Waals surface area contributed by atoms with Crippen molar-refractivity contribution in [3.05, 3.63) is 115 Å². The molecule has 12 atom stereocenters. The molecule has 3 aromatic carbocycles. The number of fused-ring (bicyclic) bond motifs is 2. The fraction of sp³-hybridized carbons (Fsp3) is 0.592. The average Bonchev–Trinajstić information content (AvgIpc) is 3.70. The van der Waals surface area contributed by atoms with Gasteiger partial charge in [-0.1, -0.05) is 129 Å². The molecule has 0 amide bonds. The molecule has 4 aliphatic rings. The van der Waals surface area contributed by atoms with Crippen LogP contribution in [0.15, 0.2) is 54.6 Å². The van der Waals surface area contributed by atoms with Gasteiger partial charge in [-0.2, -0.15) is 8.78 Å². The van der Waals surface area contributed by atoms with E-state index in [1.165, 1.54) is 36.8 Å². The van der Waals surface area contributed by atoms with Crippen molar-refractivity contribution >= 4 is 25.1 Å². The van der Waals surface area contributed by atoms with Gasteiger partial charge in [-0.05, 0) is 112 Å². The van der Waals surface area contributed by atoms with Gasteiger partial charge in [0.15, 0.2) is 5.75 Å². The van der Waals surface area contributed by atoms with E-state index in [2.05, 4.69) is 98.0 Å². The maximum absolute atomic E-state index is 15.3. The summed E-state index contributed by atoms with van der Waals surface area (Å²) in [5.74, 6) is -7.62. The SMILES string of the molecule is CC(C)C1CC2C(CC(C)C2[Si](C)(C)C2C(C)CC3C(c4ccc(C(C)(C)C)cc4)CCCC32)C(c2ccccc2)C1Oc1c(F)c(F)c(F)c(F)c1F.[CH3-].[CH3-].[Cl][Zr+2][Cl]. The van der Waals surface area contributed by atoms with Crippen molar-refractivity contribution in [1.29, 1.82) is 0 Å². The standard InChI is InChI=1S/C47H61F5OSi.2CH3.2ClH.Zr/c1-25(2)33-24-36-35(37(29-14-11-10-12-15-29)43(33)53-44-41(51)39(49)38(48)40(50)42(44)52)23-27(4)46(36)54(8,9)45-26(3)22-34-31(16-13-17-32(34)45)28-18-20-30(21-19-28)47(5,6)7;;;;;/h10-12,14-15,18-21,25-27,31-37,43,45-46H,13,16-17,22-24H2,1-9H3;2*1H3;2*1H;/q;2*-1;;;+4/p-2. The molecule has 4 saturated carbocycles. The third-order valence-corrected chi connectivity index (χ3v) is 20.7. The van der Waals surface area contributed by atoms with Crippen LogP contribution < -0.4 is 4.74 Å². The molecule has 4 aliphatic carbocycles. The van der Waals surface area contributed by atoms with Crippen molar-refractivity contribution < 1.29 is 47.5 Å². The summed E-state index contributed by atoms with van der Waals surface area (Å²) in [5.41, 5.74) is 5.31. The second-order valence-corrected chi connectivity index (χ2v) is 28.7. The van der Waals surface area contributed by atoms with Crippen LogP contribution in [0.25, 0.3) is 0 Å². The van der Waals surface area contributed by atoms with E-state index in [4.69, 9.17) is 21.8 Å². The van der Waals surface area contributed by atoms with Crippen molar-refractivity contribution in [2.75, 3.05) is 0 Å². The van der Waals surface area contributed by atoms with Crippen LogP contribution in [-0.4, -0.2) is 14.2 Å². The summed E-state index contributed by atoms with van der Waals surface area (Å²) in [4.78, 5) is 0. The van der Waals surface area contributed by atoms with E-state index in [1.807, 2.05) is 18.2 Å². The molecule has 0 bridgehead atoms. The summed E-state index contributed by atoms with van der Waals surface area (Å²) in [7, 11) is 7.89. The molecular formula is C49H67Cl2F5OSiZr. The Morgan fingerprint density at radius 3 is 1.71 bits per heavy atom. The molecule has 0 aliphatic heterocycles. The van der Waals surface area contributed by atoms with Gasteiger partial charge >= 0.3 is 37.9 Å². The van der Waals surface area contributed by atoms with Gasteiger partial charge in [-0.25, -0.2) is 13.2 Å². The van der Waals surface area contributed by atoms with Gasteiger partial charge in [0.05, 0.1) is 8.07 Å². The van der Waals surface area contributed by atoms with Gasteiger partial charge in [0.25, 0.3) is 0 Å². The van der Waals surface area contributed by atoms with Gasteiger partial charge in [-0.15, -0.1) is 0 Å². The van der Waals surface area contributed by atoms with Gasteiger partial charge < -0.3 is 19.6 Å². The van der Waals surface area contributed by atoms with Crippen LogP contribution in [0.1, 0.15) is 116 Å². The third kappa shape index (κ3) is 9.67. The summed E-state index contributed by atoms with van der Waals surface area (Å²) in [5, 5.41) is 0. The fourth-order valence-corrected chi connectivity index (χ4v) is 20.1. The number of benzene rings is 3. The van der Waals surface area contributed by atoms with Gasteiger partial charge in [0.1, 0.15) is 6.10 Å². The first kappa shape index (κ1) is 50.4. The van der Waals surface area contributed by atoms with Crippen LogP contribution in [0, 0.1) is 91.3 Å². The monoisotopic (exact) mass is 954 g/mol. The second kappa shape index (κ2) is 20.1. The van der Waals surface area contributed by atoms with Crippen LogP contribution in [0.2, 0.25) is 24.2 Å². The van der Waals surface area contributed by atoms with Crippen molar-refractivity contribution in [3.63, 3.8) is 0 Å². The first-order valence-corrected chi connectivity index (χ1v) is 30.6. The fourth-order valence-electron chi connectivity index (χ4n) is 13.4. The Morgan fingerprint density at radius 2 is 1.19 bits per heavy atom. The topological polar surface area (TPSA) is 9.23 Å². The van der Waals surface area contributed by atoms with Gasteiger partial charge in [0.2, 0.25) is 29.1 Å². The van der Waals surface area contributed by atoms with Crippen molar-refractivity contribution in [3.8, 4) is 5.75 Å². The Morgan fingerprint density at radius 1 is 0.678 bits per heavy atom. The zero-order valence-corrected chi connectivity index (χ0v) is 42.0. The minimum atomic E-state index is -2.16. The molecule has 0 radical (unpaired) electrons. The molecule has 4 fully saturated rings. The molecule has 12 unspecified atom stereocenters. The Kier molecular flexibility index (Phi) is 17.2. The molecule has 1 nitrogen and oxygen atoms in total. The van der Waals surface area contributed by atoms with Crippen LogP contribution in [0.3, 0.4) is 0 Å². The quantitative estimate of drug-likeness (QED) is 0.0754. The molecule has 326 valence electrons. The molecule has 0 heterocycles. The maximum atomic E-state index is 15.3. The summed E-state index contributed by atoms with van der Waals surface area (Å²) < 4.78 is 79.9. The Balaban J connectivity index is 0.00000149. The molecule has 3 aromatic rings. The second-order valence-electron chi connectivity index (χ2n) is 20.0. The molecule has 59 heavy (non-hydrogen) atoms. The zero-order chi connectivity index (χ0) is 41.7. The molecule has 7 rings (SSSR count). The van der Waals surface area contributed by atoms with Gasteiger partial charge in [-0.3, -0.25) is 0 Å². The number of hydrogen-bond donors (Lipinski definition) is 0. The van der Waals surface area contributed by atoms with Crippen LogP contribution in [-0.2, 0) is 26.3 Å². The predicted octanol–water partition coefficient (Wildman–Crippen LogP) is 16.1. The number of rotatable bonds is 7. The van der Waals surface area contributed by atoms with E-state index in [-0.39, 0.29) is 43.9 Å². The third-order valence-electron chi connectivity index (χ3n) is 15.3. The van der Waals surface area contributed by atoms with E-state index in [0.29, 0.717) is 46.6 Å². The summed E-state index contributed by atoms with van der Waals surface area (Å²) >= 11 is -0.826. The number of halogens is 7. The Hall–Kier alpha value is -1.21. The average molecular weight is 957 g/mol. The van der Waals surface area contributed by atoms with Crippen LogP contribution >= 0.6 is 17.0 Å². The molecule has 10 heteroatoms. The molecule has 0 aromatic heterocycles. The predicted molar refractivity (Wildman–Crippen MR) is 236 cm³/mol. The molecule has 0 N–H and O–H groups in total. The Labute approximate surface area is 373 Å². The van der Waals surface area contributed by atoms with E-state index < -0.39 is 69.9 Å². The zero-order valence-electron chi connectivity index (χ0n) is 37.0. The Bertz CT molecular complexity index is 1810.